The van der Waals surface area contributed by atoms with Gasteiger partial charge in [-0.15, -0.1) is 0 Å². The summed E-state index contributed by atoms with van der Waals surface area (Å²) in [6, 6.07) is 18.0. The van der Waals surface area contributed by atoms with E-state index >= 15 is 0 Å². The molecule has 1 N–H and O–H groups in total. The quantitative estimate of drug-likeness (QED) is 0.409. The predicted octanol–water partition coefficient (Wildman–Crippen LogP) is 5.24. The monoisotopic (exact) mass is 459 g/mol. The second kappa shape index (κ2) is 8.41. The maximum absolute atomic E-state index is 12.1. The lowest BCUT2D eigenvalue weighted by atomic mass is 9.92. The molecular formula is C25H25N5O2S. The van der Waals surface area contributed by atoms with Crippen LogP contribution in [0.5, 0.6) is 0 Å². The van der Waals surface area contributed by atoms with E-state index in [1.54, 1.807) is 18.3 Å². The third-order valence-corrected chi connectivity index (χ3v) is 7.71. The molecule has 0 bridgehead atoms. The van der Waals surface area contributed by atoms with Crippen LogP contribution in [-0.2, 0) is 10.0 Å². The molecule has 4 aromatic rings. The van der Waals surface area contributed by atoms with Gasteiger partial charge in [-0.25, -0.2) is 13.1 Å². The largest absolute Gasteiger partial charge is 0.336 e. The van der Waals surface area contributed by atoms with Crippen LogP contribution in [0.15, 0.2) is 60.9 Å². The first-order valence-corrected chi connectivity index (χ1v) is 12.8. The molecule has 7 nitrogen and oxygen atoms in total. The molecule has 0 amide bonds. The zero-order valence-corrected chi connectivity index (χ0v) is 19.2. The Hall–Kier alpha value is -3.57. The molecule has 8 heteroatoms. The van der Waals surface area contributed by atoms with Crippen LogP contribution in [0.2, 0.25) is 0 Å². The van der Waals surface area contributed by atoms with Crippen LogP contribution in [0.1, 0.15) is 44.2 Å². The summed E-state index contributed by atoms with van der Waals surface area (Å²) in [6.45, 7) is 1.84. The SMILES string of the molecule is CCCS(=O)(=O)Nc1ccc(-c2c(C#N)c3ccc(-n4cccn4)cc3n2C2CCC2)cc1. The number of sulfonamides is 1. The first kappa shape index (κ1) is 21.3. The van der Waals surface area contributed by atoms with E-state index in [9.17, 15) is 13.7 Å². The van der Waals surface area contributed by atoms with Gasteiger partial charge in [-0.05, 0) is 67.6 Å². The number of nitriles is 1. The van der Waals surface area contributed by atoms with Crippen LogP contribution in [0.4, 0.5) is 5.69 Å². The minimum Gasteiger partial charge on any atom is -0.336 e. The molecule has 1 aliphatic rings. The Bertz CT molecular complexity index is 1440. The van der Waals surface area contributed by atoms with Crippen molar-refractivity contribution in [1.82, 2.24) is 14.3 Å². The van der Waals surface area contributed by atoms with Crippen LogP contribution in [-0.4, -0.2) is 28.5 Å². The number of hydrogen-bond acceptors (Lipinski definition) is 4. The number of hydrogen-bond donors (Lipinski definition) is 1. The fourth-order valence-corrected chi connectivity index (χ4v) is 5.61. The molecule has 1 fully saturated rings. The number of nitrogens with zero attached hydrogens (tertiary/aromatic N) is 4. The Morgan fingerprint density at radius 3 is 2.58 bits per heavy atom. The molecule has 5 rings (SSSR count). The summed E-state index contributed by atoms with van der Waals surface area (Å²) in [4.78, 5) is 0. The van der Waals surface area contributed by atoms with Crippen molar-refractivity contribution in [2.75, 3.05) is 10.5 Å². The molecule has 1 aliphatic carbocycles. The Labute approximate surface area is 193 Å². The van der Waals surface area contributed by atoms with Gasteiger partial charge < -0.3 is 4.57 Å². The van der Waals surface area contributed by atoms with Gasteiger partial charge in [0.2, 0.25) is 10.0 Å². The van der Waals surface area contributed by atoms with E-state index in [-0.39, 0.29) is 5.75 Å². The van der Waals surface area contributed by atoms with E-state index in [0.29, 0.717) is 23.7 Å². The summed E-state index contributed by atoms with van der Waals surface area (Å²) in [5.41, 5.74) is 4.92. The molecule has 2 aromatic carbocycles. The highest BCUT2D eigenvalue weighted by Gasteiger charge is 2.28. The maximum Gasteiger partial charge on any atom is 0.232 e. The van der Waals surface area contributed by atoms with Gasteiger partial charge in [-0.1, -0.05) is 19.1 Å². The molecule has 0 spiro atoms. The lowest BCUT2D eigenvalue weighted by molar-refractivity contribution is 0.324. The normalized spacial score (nSPS) is 14.2. The van der Waals surface area contributed by atoms with E-state index in [0.717, 1.165) is 40.7 Å². The number of fused-ring (bicyclic) bond motifs is 1. The number of aromatic nitrogens is 3. The molecule has 2 aromatic heterocycles. The first-order chi connectivity index (χ1) is 16.0. The second-order valence-corrected chi connectivity index (χ2v) is 10.3. The van der Waals surface area contributed by atoms with Gasteiger partial charge in [-0.3, -0.25) is 4.72 Å². The average molecular weight is 460 g/mol. The molecule has 33 heavy (non-hydrogen) atoms. The van der Waals surface area contributed by atoms with Crippen molar-refractivity contribution in [2.45, 2.75) is 38.6 Å². The zero-order valence-electron chi connectivity index (χ0n) is 18.4. The van der Waals surface area contributed by atoms with Gasteiger partial charge >= 0.3 is 0 Å². The molecule has 0 aliphatic heterocycles. The highest BCUT2D eigenvalue weighted by Crippen LogP contribution is 2.43. The summed E-state index contributed by atoms with van der Waals surface area (Å²) in [7, 11) is -3.35. The highest BCUT2D eigenvalue weighted by molar-refractivity contribution is 7.92. The summed E-state index contributed by atoms with van der Waals surface area (Å²) >= 11 is 0. The summed E-state index contributed by atoms with van der Waals surface area (Å²) in [5, 5.41) is 15.4. The van der Waals surface area contributed by atoms with Gasteiger partial charge in [0, 0.05) is 29.5 Å². The van der Waals surface area contributed by atoms with Crippen molar-refractivity contribution in [3.63, 3.8) is 0 Å². The minimum absolute atomic E-state index is 0.0852. The van der Waals surface area contributed by atoms with Crippen LogP contribution in [0, 0.1) is 11.3 Å². The molecule has 2 heterocycles. The Morgan fingerprint density at radius 1 is 1.18 bits per heavy atom. The van der Waals surface area contributed by atoms with Gasteiger partial charge in [0.1, 0.15) is 6.07 Å². The fourth-order valence-electron chi connectivity index (χ4n) is 4.48. The van der Waals surface area contributed by atoms with E-state index in [2.05, 4.69) is 26.5 Å². The lowest BCUT2D eigenvalue weighted by Gasteiger charge is -2.30. The summed E-state index contributed by atoms with van der Waals surface area (Å²) < 4.78 is 31.0. The molecule has 1 saturated carbocycles. The number of rotatable bonds is 7. The lowest BCUT2D eigenvalue weighted by Crippen LogP contribution is -2.18. The van der Waals surface area contributed by atoms with E-state index < -0.39 is 10.0 Å². The second-order valence-electron chi connectivity index (χ2n) is 8.44. The van der Waals surface area contributed by atoms with Gasteiger partial charge in [0.05, 0.1) is 28.2 Å². The zero-order chi connectivity index (χ0) is 23.0. The molecular weight excluding hydrogens is 434 g/mol. The van der Waals surface area contributed by atoms with E-state index in [4.69, 9.17) is 0 Å². The summed E-state index contributed by atoms with van der Waals surface area (Å²) in [6.07, 6.45) is 7.52. The van der Waals surface area contributed by atoms with Crippen molar-refractivity contribution < 1.29 is 8.42 Å². The van der Waals surface area contributed by atoms with Crippen molar-refractivity contribution in [3.05, 3.63) is 66.5 Å². The van der Waals surface area contributed by atoms with Crippen LogP contribution >= 0.6 is 0 Å². The van der Waals surface area contributed by atoms with E-state index in [1.165, 1.54) is 6.42 Å². The highest BCUT2D eigenvalue weighted by atomic mass is 32.2. The van der Waals surface area contributed by atoms with Gasteiger partial charge in [0.15, 0.2) is 0 Å². The standard InChI is InChI=1S/C25H25N5O2S/c1-2-15-33(31,32)28-19-9-7-18(8-10-19)25-23(17-26)22-12-11-21(29-14-4-13-27-29)16-24(22)30(25)20-5-3-6-20/h4,7-14,16,20,28H,2-3,5-6,15H2,1H3. The number of anilines is 1. The first-order valence-electron chi connectivity index (χ1n) is 11.2. The van der Waals surface area contributed by atoms with Crippen molar-refractivity contribution in [1.29, 1.82) is 5.26 Å². The molecule has 0 saturated heterocycles. The summed E-state index contributed by atoms with van der Waals surface area (Å²) in [5.74, 6) is 0.0852. The molecule has 0 radical (unpaired) electrons. The predicted molar refractivity (Wildman–Crippen MR) is 130 cm³/mol. The number of benzene rings is 2. The number of nitrogens with one attached hydrogen (secondary N) is 1. The van der Waals surface area contributed by atoms with Crippen LogP contribution in [0.25, 0.3) is 27.8 Å². The third kappa shape index (κ3) is 3.89. The van der Waals surface area contributed by atoms with Crippen molar-refractivity contribution >= 4 is 26.6 Å². The molecule has 168 valence electrons. The van der Waals surface area contributed by atoms with Gasteiger partial charge in [-0.2, -0.15) is 10.4 Å². The Morgan fingerprint density at radius 2 is 1.97 bits per heavy atom. The Kier molecular flexibility index (Phi) is 5.43. The van der Waals surface area contributed by atoms with Crippen LogP contribution < -0.4 is 4.72 Å². The smallest absolute Gasteiger partial charge is 0.232 e. The maximum atomic E-state index is 12.1. The van der Waals surface area contributed by atoms with Crippen molar-refractivity contribution in [2.24, 2.45) is 0 Å². The van der Waals surface area contributed by atoms with Crippen LogP contribution in [0.3, 0.4) is 0 Å². The third-order valence-electron chi connectivity index (χ3n) is 6.21. The van der Waals surface area contributed by atoms with E-state index in [1.807, 2.05) is 48.1 Å². The minimum atomic E-state index is -3.35. The molecule has 0 unspecified atom stereocenters. The Balaban J connectivity index is 1.64. The fraction of sp³-hybridized carbons (Fsp3) is 0.280. The topological polar surface area (TPSA) is 92.7 Å². The molecule has 0 atom stereocenters. The van der Waals surface area contributed by atoms with Crippen molar-refractivity contribution in [3.8, 4) is 23.0 Å². The average Bonchev–Trinajstić information content (AvgIpc) is 3.39. The van der Waals surface area contributed by atoms with Gasteiger partial charge in [0.25, 0.3) is 0 Å².